The molecule has 0 atom stereocenters. The van der Waals surface area contributed by atoms with Crippen molar-refractivity contribution in [2.24, 2.45) is 0 Å². The first-order chi connectivity index (χ1) is 15.4. The molecule has 0 saturated heterocycles. The number of thiophene rings is 2. The summed E-state index contributed by atoms with van der Waals surface area (Å²) >= 11 is 3.05. The molecule has 4 aromatic heterocycles. The first-order valence-electron chi connectivity index (χ1n) is 10.3. The second-order valence-corrected chi connectivity index (χ2v) is 10.5. The molecule has 1 aromatic carbocycles. The van der Waals surface area contributed by atoms with Gasteiger partial charge in [-0.25, -0.2) is 14.2 Å². The molecule has 1 aliphatic rings. The molecule has 0 bridgehead atoms. The highest BCUT2D eigenvalue weighted by molar-refractivity contribution is 7.19. The monoisotopic (exact) mass is 466 g/mol. The molecule has 0 amide bonds. The van der Waals surface area contributed by atoms with Crippen LogP contribution in [0.4, 0.5) is 4.39 Å². The third kappa shape index (κ3) is 3.03. The molecule has 5 heterocycles. The van der Waals surface area contributed by atoms with Crippen LogP contribution in [-0.2, 0) is 24.3 Å². The van der Waals surface area contributed by atoms with Crippen molar-refractivity contribution < 1.29 is 9.13 Å². The van der Waals surface area contributed by atoms with Gasteiger partial charge in [-0.2, -0.15) is 4.52 Å². The lowest BCUT2D eigenvalue weighted by Gasteiger charge is -2.30. The van der Waals surface area contributed by atoms with Gasteiger partial charge in [0, 0.05) is 16.9 Å². The number of halogens is 1. The van der Waals surface area contributed by atoms with Gasteiger partial charge in [-0.1, -0.05) is 24.3 Å². The van der Waals surface area contributed by atoms with Gasteiger partial charge >= 0.3 is 5.69 Å². The molecule has 1 aliphatic heterocycles. The third-order valence-electron chi connectivity index (χ3n) is 5.78. The minimum absolute atomic E-state index is 0.121. The van der Waals surface area contributed by atoms with Crippen LogP contribution in [0.5, 0.6) is 0 Å². The Kier molecular flexibility index (Phi) is 4.36. The average molecular weight is 467 g/mol. The van der Waals surface area contributed by atoms with Crippen molar-refractivity contribution in [3.63, 3.8) is 0 Å². The molecule has 9 heteroatoms. The molecule has 0 spiro atoms. The minimum atomic E-state index is -0.337. The molecule has 0 unspecified atom stereocenters. The maximum absolute atomic E-state index is 14.5. The smallest absolute Gasteiger partial charge is 0.352 e. The fourth-order valence-corrected chi connectivity index (χ4v) is 6.09. The van der Waals surface area contributed by atoms with Crippen molar-refractivity contribution >= 4 is 38.5 Å². The molecular formula is C23H19FN4O2S2. The van der Waals surface area contributed by atoms with Gasteiger partial charge in [0.2, 0.25) is 0 Å². The van der Waals surface area contributed by atoms with Crippen LogP contribution >= 0.6 is 22.7 Å². The Morgan fingerprint density at radius 2 is 2.06 bits per heavy atom. The summed E-state index contributed by atoms with van der Waals surface area (Å²) in [6, 6.07) is 10.4. The van der Waals surface area contributed by atoms with E-state index in [2.05, 4.69) is 18.9 Å². The number of rotatable bonds is 3. The van der Waals surface area contributed by atoms with Gasteiger partial charge in [-0.3, -0.25) is 4.57 Å². The van der Waals surface area contributed by atoms with Crippen LogP contribution in [0, 0.1) is 5.82 Å². The molecule has 6 rings (SSSR count). The van der Waals surface area contributed by atoms with Crippen molar-refractivity contribution in [2.45, 2.75) is 39.0 Å². The zero-order valence-corrected chi connectivity index (χ0v) is 19.1. The van der Waals surface area contributed by atoms with Crippen molar-refractivity contribution in [1.82, 2.24) is 19.2 Å². The van der Waals surface area contributed by atoms with Gasteiger partial charge in [0.05, 0.1) is 29.0 Å². The summed E-state index contributed by atoms with van der Waals surface area (Å²) in [6.07, 6.45) is 0.705. The lowest BCUT2D eigenvalue weighted by Crippen LogP contribution is -2.31. The number of hydrogen-bond donors (Lipinski definition) is 0. The summed E-state index contributed by atoms with van der Waals surface area (Å²) in [5.74, 6) is 0.185. The van der Waals surface area contributed by atoms with Crippen molar-refractivity contribution in [1.29, 1.82) is 0 Å². The first-order valence-corrected chi connectivity index (χ1v) is 12.0. The Hall–Kier alpha value is -2.88. The number of ether oxygens (including phenoxy) is 1. The Labute approximate surface area is 190 Å². The van der Waals surface area contributed by atoms with Gasteiger partial charge in [0.1, 0.15) is 10.6 Å². The van der Waals surface area contributed by atoms with E-state index in [9.17, 15) is 9.18 Å². The quantitative estimate of drug-likeness (QED) is 0.381. The Bertz CT molecular complexity index is 1550. The summed E-state index contributed by atoms with van der Waals surface area (Å²) in [5, 5.41) is 7.42. The maximum Gasteiger partial charge on any atom is 0.352 e. The molecule has 0 fully saturated rings. The van der Waals surface area contributed by atoms with E-state index in [1.165, 1.54) is 33.3 Å². The van der Waals surface area contributed by atoms with Crippen LogP contribution < -0.4 is 5.69 Å². The summed E-state index contributed by atoms with van der Waals surface area (Å²) in [7, 11) is 0. The summed E-state index contributed by atoms with van der Waals surface area (Å²) in [4.78, 5) is 21.1. The second kappa shape index (κ2) is 7.06. The van der Waals surface area contributed by atoms with E-state index in [-0.39, 0.29) is 23.7 Å². The maximum atomic E-state index is 14.5. The Morgan fingerprint density at radius 3 is 2.84 bits per heavy atom. The standard InChI is InChI=1S/C23H19FN4O2S2/c1-23(2)10-14-17(12-30-23)32-21-18(14)20-25-19(16-8-5-9-31-16)26-28(20)22(29)27(21)11-13-6-3-4-7-15(13)24/h3-9H,10-12H2,1-2H3. The largest absolute Gasteiger partial charge is 0.370 e. The molecular weight excluding hydrogens is 447 g/mol. The predicted octanol–water partition coefficient (Wildman–Crippen LogP) is 4.87. The Balaban J connectivity index is 1.68. The lowest BCUT2D eigenvalue weighted by atomic mass is 9.94. The molecule has 5 aromatic rings. The highest BCUT2D eigenvalue weighted by Crippen LogP contribution is 2.40. The van der Waals surface area contributed by atoms with Crippen LogP contribution in [0.2, 0.25) is 0 Å². The first kappa shape index (κ1) is 19.8. The minimum Gasteiger partial charge on any atom is -0.370 e. The van der Waals surface area contributed by atoms with E-state index >= 15 is 0 Å². The fourth-order valence-electron chi connectivity index (χ4n) is 4.21. The van der Waals surface area contributed by atoms with E-state index < -0.39 is 0 Å². The topological polar surface area (TPSA) is 61.4 Å². The summed E-state index contributed by atoms with van der Waals surface area (Å²) < 4.78 is 23.5. The van der Waals surface area contributed by atoms with Crippen LogP contribution in [0.3, 0.4) is 0 Å². The molecule has 6 nitrogen and oxygen atoms in total. The molecule has 0 aliphatic carbocycles. The van der Waals surface area contributed by atoms with Gasteiger partial charge < -0.3 is 4.74 Å². The SMILES string of the molecule is CC1(C)Cc2c(sc3c2c2nc(-c4cccs4)nn2c(=O)n3Cc2ccccc2F)CO1. The van der Waals surface area contributed by atoms with E-state index in [4.69, 9.17) is 9.72 Å². The van der Waals surface area contributed by atoms with E-state index in [1.54, 1.807) is 22.8 Å². The van der Waals surface area contributed by atoms with E-state index in [1.807, 2.05) is 17.5 Å². The predicted molar refractivity (Wildman–Crippen MR) is 124 cm³/mol. The van der Waals surface area contributed by atoms with Crippen molar-refractivity contribution in [3.8, 4) is 10.7 Å². The average Bonchev–Trinajstić information content (AvgIpc) is 3.49. The zero-order chi connectivity index (χ0) is 22.0. The fraction of sp³-hybridized carbons (Fsp3) is 0.261. The number of hydrogen-bond acceptors (Lipinski definition) is 6. The van der Waals surface area contributed by atoms with E-state index in [0.717, 1.165) is 25.5 Å². The van der Waals surface area contributed by atoms with Crippen molar-refractivity contribution in [2.75, 3.05) is 0 Å². The highest BCUT2D eigenvalue weighted by atomic mass is 32.1. The number of benzene rings is 1. The summed E-state index contributed by atoms with van der Waals surface area (Å²) in [5.41, 5.74) is 1.50. The zero-order valence-electron chi connectivity index (χ0n) is 17.5. The van der Waals surface area contributed by atoms with Gasteiger partial charge in [-0.15, -0.1) is 27.8 Å². The number of fused-ring (bicyclic) bond motifs is 5. The number of nitrogens with zero attached hydrogens (tertiary/aromatic N) is 4. The lowest BCUT2D eigenvalue weighted by molar-refractivity contribution is -0.0379. The number of aromatic nitrogens is 4. The molecule has 0 N–H and O–H groups in total. The van der Waals surface area contributed by atoms with Gasteiger partial charge in [-0.05, 0) is 36.9 Å². The molecule has 162 valence electrons. The van der Waals surface area contributed by atoms with Gasteiger partial charge in [0.25, 0.3) is 0 Å². The van der Waals surface area contributed by atoms with Crippen LogP contribution in [-0.4, -0.2) is 24.8 Å². The Morgan fingerprint density at radius 1 is 1.22 bits per heavy atom. The van der Waals surface area contributed by atoms with Crippen LogP contribution in [0.25, 0.3) is 26.6 Å². The van der Waals surface area contributed by atoms with E-state index in [0.29, 0.717) is 30.1 Å². The highest BCUT2D eigenvalue weighted by Gasteiger charge is 2.32. The summed E-state index contributed by atoms with van der Waals surface area (Å²) in [6.45, 7) is 4.73. The third-order valence-corrected chi connectivity index (χ3v) is 7.88. The molecule has 0 radical (unpaired) electrons. The second-order valence-electron chi connectivity index (χ2n) is 8.52. The van der Waals surface area contributed by atoms with Crippen LogP contribution in [0.15, 0.2) is 46.6 Å². The molecule has 0 saturated carbocycles. The van der Waals surface area contributed by atoms with Crippen molar-refractivity contribution in [3.05, 3.63) is 74.1 Å². The van der Waals surface area contributed by atoms with Gasteiger partial charge in [0.15, 0.2) is 11.5 Å². The van der Waals surface area contributed by atoms with Crippen LogP contribution in [0.1, 0.15) is 29.9 Å². The normalized spacial score (nSPS) is 15.5. The molecule has 32 heavy (non-hydrogen) atoms.